The van der Waals surface area contributed by atoms with Gasteiger partial charge in [0.1, 0.15) is 0 Å². The molecule has 0 aromatic carbocycles. The number of carbonyl (C=O) groups is 2. The summed E-state index contributed by atoms with van der Waals surface area (Å²) in [7, 11) is 0. The number of esters is 2. The van der Waals surface area contributed by atoms with Crippen molar-refractivity contribution in [1.82, 2.24) is 0 Å². The maximum Gasteiger partial charge on any atom is 0.330 e. The van der Waals surface area contributed by atoms with E-state index < -0.39 is 11.9 Å². The molecule has 23 heavy (non-hydrogen) atoms. The van der Waals surface area contributed by atoms with Crippen LogP contribution in [0.4, 0.5) is 0 Å². The van der Waals surface area contributed by atoms with Crippen LogP contribution in [0.25, 0.3) is 0 Å². The van der Waals surface area contributed by atoms with E-state index in [1.807, 2.05) is 6.08 Å². The molecule has 4 heteroatoms. The van der Waals surface area contributed by atoms with E-state index in [1.165, 1.54) is 25.7 Å². The number of carbonyl (C=O) groups excluding carboxylic acids is 2. The summed E-state index contributed by atoms with van der Waals surface area (Å²) in [5, 5.41) is 0. The van der Waals surface area contributed by atoms with Gasteiger partial charge in [-0.2, -0.15) is 0 Å². The smallest absolute Gasteiger partial charge is 0.330 e. The molecular weight excluding hydrogens is 292 g/mol. The summed E-state index contributed by atoms with van der Waals surface area (Å²) in [5.41, 5.74) is 0. The molecule has 0 saturated heterocycles. The van der Waals surface area contributed by atoms with Crippen LogP contribution in [0.1, 0.15) is 51.4 Å². The molecule has 0 aliphatic carbocycles. The lowest BCUT2D eigenvalue weighted by atomic mass is 10.0. The zero-order chi connectivity index (χ0) is 17.3. The Kier molecular flexibility index (Phi) is 13.9. The summed E-state index contributed by atoms with van der Waals surface area (Å²) in [4.78, 5) is 22.3. The highest BCUT2D eigenvalue weighted by Gasteiger charge is 2.13. The molecule has 0 N–H and O–H groups in total. The van der Waals surface area contributed by atoms with Crippen LogP contribution in [-0.2, 0) is 19.1 Å². The number of hydrogen-bond acceptors (Lipinski definition) is 4. The number of hydrogen-bond donors (Lipinski definition) is 0. The maximum atomic E-state index is 11.1. The zero-order valence-electron chi connectivity index (χ0n) is 14.1. The van der Waals surface area contributed by atoms with Crippen LogP contribution in [-0.4, -0.2) is 25.2 Å². The van der Waals surface area contributed by atoms with Gasteiger partial charge < -0.3 is 9.47 Å². The first kappa shape index (κ1) is 21.2. The van der Waals surface area contributed by atoms with Crippen molar-refractivity contribution in [2.24, 2.45) is 5.92 Å². The normalized spacial score (nSPS) is 10.1. The Labute approximate surface area is 140 Å². The third-order valence-corrected chi connectivity index (χ3v) is 3.53. The molecule has 130 valence electrons. The molecule has 0 aliphatic rings. The lowest BCUT2D eigenvalue weighted by molar-refractivity contribution is -0.143. The Hall–Kier alpha value is -1.84. The van der Waals surface area contributed by atoms with Crippen LogP contribution in [0.5, 0.6) is 0 Å². The van der Waals surface area contributed by atoms with Crippen LogP contribution >= 0.6 is 0 Å². The van der Waals surface area contributed by atoms with E-state index in [9.17, 15) is 9.59 Å². The highest BCUT2D eigenvalue weighted by molar-refractivity contribution is 5.81. The molecule has 0 aliphatic heterocycles. The average molecular weight is 322 g/mol. The van der Waals surface area contributed by atoms with Crippen molar-refractivity contribution >= 4 is 11.9 Å². The quantitative estimate of drug-likeness (QED) is 0.194. The van der Waals surface area contributed by atoms with E-state index in [0.717, 1.165) is 37.8 Å². The van der Waals surface area contributed by atoms with Crippen molar-refractivity contribution in [1.29, 1.82) is 0 Å². The van der Waals surface area contributed by atoms with Gasteiger partial charge in [0.15, 0.2) is 0 Å². The molecule has 0 heterocycles. The minimum atomic E-state index is -0.452. The first-order valence-electron chi connectivity index (χ1n) is 8.33. The van der Waals surface area contributed by atoms with Gasteiger partial charge >= 0.3 is 11.9 Å². The second-order valence-corrected chi connectivity index (χ2v) is 5.52. The summed E-state index contributed by atoms with van der Waals surface area (Å²) in [5.74, 6) is -0.886. The fourth-order valence-electron chi connectivity index (χ4n) is 2.16. The van der Waals surface area contributed by atoms with Gasteiger partial charge in [-0.3, -0.25) is 0 Å². The van der Waals surface area contributed by atoms with E-state index in [2.05, 4.69) is 19.7 Å². The minimum absolute atomic E-state index is 0.0172. The largest absolute Gasteiger partial charge is 0.462 e. The lowest BCUT2D eigenvalue weighted by Crippen LogP contribution is -2.20. The second kappa shape index (κ2) is 15.1. The number of rotatable bonds is 15. The van der Waals surface area contributed by atoms with Gasteiger partial charge in [0.25, 0.3) is 0 Å². The van der Waals surface area contributed by atoms with Gasteiger partial charge in [0.05, 0.1) is 13.2 Å². The summed E-state index contributed by atoms with van der Waals surface area (Å²) in [6, 6.07) is 0. The van der Waals surface area contributed by atoms with Gasteiger partial charge in [-0.05, 0) is 19.3 Å². The molecule has 0 amide bonds. The molecule has 4 nitrogen and oxygen atoms in total. The summed E-state index contributed by atoms with van der Waals surface area (Å²) in [6.45, 7) is 10.9. The molecule has 0 atom stereocenters. The van der Waals surface area contributed by atoms with E-state index in [1.54, 1.807) is 0 Å². The van der Waals surface area contributed by atoms with Gasteiger partial charge in [-0.25, -0.2) is 9.59 Å². The van der Waals surface area contributed by atoms with Gasteiger partial charge in [-0.1, -0.05) is 51.3 Å². The Morgan fingerprint density at radius 1 is 0.783 bits per heavy atom. The van der Waals surface area contributed by atoms with E-state index in [-0.39, 0.29) is 19.1 Å². The molecule has 0 unspecified atom stereocenters. The maximum absolute atomic E-state index is 11.1. The lowest BCUT2D eigenvalue weighted by Gasteiger charge is -2.16. The van der Waals surface area contributed by atoms with Crippen molar-refractivity contribution in [3.8, 4) is 0 Å². The number of unbranched alkanes of at least 4 members (excludes halogenated alkanes) is 6. The Morgan fingerprint density at radius 2 is 1.26 bits per heavy atom. The molecule has 0 fully saturated rings. The summed E-state index contributed by atoms with van der Waals surface area (Å²) < 4.78 is 10.1. The van der Waals surface area contributed by atoms with Gasteiger partial charge in [0, 0.05) is 18.1 Å². The first-order valence-corrected chi connectivity index (χ1v) is 8.33. The molecule has 0 spiro atoms. The standard InChI is InChI=1S/C19H30O4/c1-4-7-8-9-10-11-12-13-14-17(15-22-18(20)5-2)16-23-19(21)6-3/h4-6,17H,1-3,7-16H2. The summed E-state index contributed by atoms with van der Waals surface area (Å²) in [6.07, 6.45) is 13.2. The monoisotopic (exact) mass is 322 g/mol. The molecule has 0 rings (SSSR count). The number of ether oxygens (including phenoxy) is 2. The van der Waals surface area contributed by atoms with Gasteiger partial charge in [0.2, 0.25) is 0 Å². The fourth-order valence-corrected chi connectivity index (χ4v) is 2.16. The molecule has 0 aromatic rings. The zero-order valence-corrected chi connectivity index (χ0v) is 14.1. The third kappa shape index (κ3) is 13.5. The van der Waals surface area contributed by atoms with E-state index >= 15 is 0 Å². The molecule has 0 radical (unpaired) electrons. The highest BCUT2D eigenvalue weighted by atomic mass is 16.5. The van der Waals surface area contributed by atoms with Crippen LogP contribution < -0.4 is 0 Å². The number of allylic oxidation sites excluding steroid dienone is 1. The molecule has 0 bridgehead atoms. The van der Waals surface area contributed by atoms with Crippen LogP contribution in [0.3, 0.4) is 0 Å². The van der Waals surface area contributed by atoms with Crippen molar-refractivity contribution < 1.29 is 19.1 Å². The van der Waals surface area contributed by atoms with Gasteiger partial charge in [-0.15, -0.1) is 6.58 Å². The topological polar surface area (TPSA) is 52.6 Å². The Morgan fingerprint density at radius 3 is 1.74 bits per heavy atom. The average Bonchev–Trinajstić information content (AvgIpc) is 2.57. The highest BCUT2D eigenvalue weighted by Crippen LogP contribution is 2.14. The molecule has 0 aromatic heterocycles. The first-order chi connectivity index (χ1) is 11.1. The Balaban J connectivity index is 3.92. The minimum Gasteiger partial charge on any atom is -0.462 e. The van der Waals surface area contributed by atoms with Crippen molar-refractivity contribution in [3.63, 3.8) is 0 Å². The van der Waals surface area contributed by atoms with Crippen LogP contribution in [0, 0.1) is 5.92 Å². The third-order valence-electron chi connectivity index (χ3n) is 3.53. The molecular formula is C19H30O4. The van der Waals surface area contributed by atoms with E-state index in [4.69, 9.17) is 9.47 Å². The van der Waals surface area contributed by atoms with Crippen LogP contribution in [0.15, 0.2) is 38.0 Å². The SMILES string of the molecule is C=CCCCCCCCCC(COC(=O)C=C)COC(=O)C=C. The van der Waals surface area contributed by atoms with Crippen molar-refractivity contribution in [2.75, 3.05) is 13.2 Å². The summed E-state index contributed by atoms with van der Waals surface area (Å²) >= 11 is 0. The van der Waals surface area contributed by atoms with E-state index in [0.29, 0.717) is 0 Å². The van der Waals surface area contributed by atoms with Crippen molar-refractivity contribution in [3.05, 3.63) is 38.0 Å². The predicted molar refractivity (Wildman–Crippen MR) is 92.9 cm³/mol. The second-order valence-electron chi connectivity index (χ2n) is 5.52. The van der Waals surface area contributed by atoms with Crippen molar-refractivity contribution in [2.45, 2.75) is 51.4 Å². The predicted octanol–water partition coefficient (Wildman–Crippen LogP) is 4.37. The molecule has 0 saturated carbocycles. The van der Waals surface area contributed by atoms with Crippen LogP contribution in [0.2, 0.25) is 0 Å². The Bertz CT molecular complexity index is 350. The fraction of sp³-hybridized carbons (Fsp3) is 0.579.